The van der Waals surface area contributed by atoms with Gasteiger partial charge in [0, 0.05) is 29.4 Å². The minimum absolute atomic E-state index is 0.239. The van der Waals surface area contributed by atoms with Crippen LogP contribution >= 0.6 is 11.3 Å². The maximum atomic E-state index is 13.1. The number of carbonyl (C=O) groups excluding carboxylic acids is 2. The molecule has 0 aliphatic carbocycles. The van der Waals surface area contributed by atoms with Crippen LogP contribution < -0.4 is 16.0 Å². The van der Waals surface area contributed by atoms with Gasteiger partial charge in [0.05, 0.1) is 30.1 Å². The highest BCUT2D eigenvalue weighted by Crippen LogP contribution is 2.43. The van der Waals surface area contributed by atoms with Crippen LogP contribution in [-0.2, 0) is 26.6 Å². The Hall–Kier alpha value is -3.79. The van der Waals surface area contributed by atoms with E-state index < -0.39 is 5.79 Å². The number of anilines is 3. The molecule has 6 rings (SSSR count). The molecule has 34 heavy (non-hydrogen) atoms. The minimum atomic E-state index is -1.43. The van der Waals surface area contributed by atoms with E-state index in [9.17, 15) is 9.59 Å². The van der Waals surface area contributed by atoms with Gasteiger partial charge >= 0.3 is 0 Å². The van der Waals surface area contributed by atoms with Crippen molar-refractivity contribution in [2.45, 2.75) is 12.3 Å². The summed E-state index contributed by atoms with van der Waals surface area (Å²) in [6.07, 6.45) is 1.79. The number of thiophene rings is 1. The Morgan fingerprint density at radius 2 is 1.97 bits per heavy atom. The summed E-state index contributed by atoms with van der Waals surface area (Å²) < 4.78 is 11.3. The summed E-state index contributed by atoms with van der Waals surface area (Å²) in [4.78, 5) is 30.5. The van der Waals surface area contributed by atoms with Crippen molar-refractivity contribution in [2.24, 2.45) is 0 Å². The van der Waals surface area contributed by atoms with E-state index in [4.69, 9.17) is 9.47 Å². The molecule has 0 saturated carbocycles. The molecule has 4 heterocycles. The van der Waals surface area contributed by atoms with Gasteiger partial charge < -0.3 is 25.4 Å². The lowest BCUT2D eigenvalue weighted by atomic mass is 10.1. The monoisotopic (exact) mass is 472 g/mol. The highest BCUT2D eigenvalue weighted by molar-refractivity contribution is 7.12. The van der Waals surface area contributed by atoms with Crippen LogP contribution in [0.3, 0.4) is 0 Å². The van der Waals surface area contributed by atoms with Crippen molar-refractivity contribution in [3.63, 3.8) is 0 Å². The molecule has 9 heteroatoms. The SMILES string of the molecule is O=C(Nc1ccc2c(c1)C1(OCCO1)C(=O)N2)c1sccc1NCc1ccnc2ccccc12. The zero-order valence-corrected chi connectivity index (χ0v) is 18.8. The van der Waals surface area contributed by atoms with Crippen LogP contribution in [0.4, 0.5) is 17.1 Å². The quantitative estimate of drug-likeness (QED) is 0.400. The molecule has 2 aliphatic rings. The third kappa shape index (κ3) is 3.41. The maximum absolute atomic E-state index is 13.1. The second-order valence-corrected chi connectivity index (χ2v) is 8.90. The van der Waals surface area contributed by atoms with Gasteiger partial charge in [-0.15, -0.1) is 11.3 Å². The van der Waals surface area contributed by atoms with E-state index in [0.29, 0.717) is 41.6 Å². The number of benzene rings is 2. The fourth-order valence-corrected chi connectivity index (χ4v) is 5.11. The molecule has 2 amide bonds. The van der Waals surface area contributed by atoms with Gasteiger partial charge in [-0.1, -0.05) is 18.2 Å². The number of aromatic nitrogens is 1. The highest BCUT2D eigenvalue weighted by atomic mass is 32.1. The number of carbonyl (C=O) groups is 2. The number of nitrogens with zero attached hydrogens (tertiary/aromatic N) is 1. The Balaban J connectivity index is 1.21. The van der Waals surface area contributed by atoms with Gasteiger partial charge in [-0.05, 0) is 47.3 Å². The van der Waals surface area contributed by atoms with E-state index >= 15 is 0 Å². The topological polar surface area (TPSA) is 102 Å². The number of pyridine rings is 1. The van der Waals surface area contributed by atoms with Crippen molar-refractivity contribution in [2.75, 3.05) is 29.2 Å². The van der Waals surface area contributed by atoms with Crippen molar-refractivity contribution in [3.05, 3.63) is 82.2 Å². The van der Waals surface area contributed by atoms with Crippen molar-refractivity contribution in [3.8, 4) is 0 Å². The number of para-hydroxylation sites is 1. The van der Waals surface area contributed by atoms with Crippen molar-refractivity contribution >= 4 is 51.1 Å². The van der Waals surface area contributed by atoms with E-state index in [1.165, 1.54) is 11.3 Å². The van der Waals surface area contributed by atoms with Gasteiger partial charge in [0.1, 0.15) is 4.88 Å². The highest BCUT2D eigenvalue weighted by Gasteiger charge is 2.52. The number of rotatable bonds is 5. The summed E-state index contributed by atoms with van der Waals surface area (Å²) in [6.45, 7) is 1.23. The van der Waals surface area contributed by atoms with Crippen LogP contribution in [0, 0.1) is 0 Å². The van der Waals surface area contributed by atoms with Gasteiger partial charge in [0.15, 0.2) is 0 Å². The molecule has 2 aromatic heterocycles. The number of amides is 2. The smallest absolute Gasteiger partial charge is 0.289 e. The Morgan fingerprint density at radius 1 is 1.12 bits per heavy atom. The predicted octanol–water partition coefficient (Wildman–Crippen LogP) is 4.31. The third-order valence-corrected chi connectivity index (χ3v) is 6.87. The molecule has 4 aromatic rings. The summed E-state index contributed by atoms with van der Waals surface area (Å²) in [5.74, 6) is -2.02. The molecule has 1 saturated heterocycles. The summed E-state index contributed by atoms with van der Waals surface area (Å²) in [5.41, 5.74) is 4.52. The molecular formula is C25H20N4O4S. The van der Waals surface area contributed by atoms with Gasteiger partial charge in [-0.25, -0.2) is 0 Å². The molecule has 170 valence electrons. The second kappa shape index (κ2) is 8.21. The Kier molecular flexibility index (Phi) is 5.02. The lowest BCUT2D eigenvalue weighted by Crippen LogP contribution is -2.35. The third-order valence-electron chi connectivity index (χ3n) is 5.95. The van der Waals surface area contributed by atoms with Crippen molar-refractivity contribution < 1.29 is 19.1 Å². The largest absolute Gasteiger partial charge is 0.380 e. The molecule has 0 bridgehead atoms. The maximum Gasteiger partial charge on any atom is 0.289 e. The second-order valence-electron chi connectivity index (χ2n) is 7.99. The Morgan fingerprint density at radius 3 is 2.85 bits per heavy atom. The van der Waals surface area contributed by atoms with Gasteiger partial charge in [0.25, 0.3) is 17.6 Å². The average molecular weight is 473 g/mol. The number of ether oxygens (including phenoxy) is 2. The fourth-order valence-electron chi connectivity index (χ4n) is 4.34. The van der Waals surface area contributed by atoms with Crippen molar-refractivity contribution in [1.82, 2.24) is 4.98 Å². The first-order valence-electron chi connectivity index (χ1n) is 10.8. The van der Waals surface area contributed by atoms with Crippen LogP contribution in [0.2, 0.25) is 0 Å². The standard InChI is InChI=1S/C25H20N4O4S/c30-23(28-16-5-6-20-18(13-16)25(24(31)29-20)32-10-11-33-25)22-21(8-12-34-22)27-14-15-7-9-26-19-4-2-1-3-17(15)19/h1-9,12-13,27H,10-11,14H2,(H,28,30)(H,29,31). The van der Waals surface area contributed by atoms with Crippen LogP contribution in [0.5, 0.6) is 0 Å². The van der Waals surface area contributed by atoms with Crippen molar-refractivity contribution in [1.29, 1.82) is 0 Å². The zero-order valence-electron chi connectivity index (χ0n) is 18.0. The number of fused-ring (bicyclic) bond motifs is 3. The van der Waals surface area contributed by atoms with E-state index in [1.54, 1.807) is 24.4 Å². The lowest BCUT2D eigenvalue weighted by Gasteiger charge is -2.19. The first kappa shape index (κ1) is 20.8. The molecule has 1 fully saturated rings. The molecule has 1 spiro atoms. The minimum Gasteiger partial charge on any atom is -0.380 e. The summed E-state index contributed by atoms with van der Waals surface area (Å²) >= 11 is 1.36. The normalized spacial score (nSPS) is 15.9. The van der Waals surface area contributed by atoms with Crippen LogP contribution in [0.25, 0.3) is 10.9 Å². The van der Waals surface area contributed by atoms with E-state index in [2.05, 4.69) is 20.9 Å². The first-order valence-corrected chi connectivity index (χ1v) is 11.7. The Labute approximate surface area is 198 Å². The van der Waals surface area contributed by atoms with Crippen LogP contribution in [-0.4, -0.2) is 30.0 Å². The van der Waals surface area contributed by atoms with Crippen LogP contribution in [0.1, 0.15) is 20.8 Å². The fraction of sp³-hybridized carbons (Fsp3) is 0.160. The average Bonchev–Trinajstić information content (AvgIpc) is 3.59. The number of hydrogen-bond donors (Lipinski definition) is 3. The van der Waals surface area contributed by atoms with E-state index in [1.807, 2.05) is 41.8 Å². The molecule has 2 aromatic carbocycles. The molecule has 8 nitrogen and oxygen atoms in total. The first-order chi connectivity index (χ1) is 16.6. The lowest BCUT2D eigenvalue weighted by molar-refractivity contribution is -0.178. The zero-order chi connectivity index (χ0) is 23.1. The summed E-state index contributed by atoms with van der Waals surface area (Å²) in [5, 5.41) is 12.0. The van der Waals surface area contributed by atoms with Gasteiger partial charge in [-0.3, -0.25) is 14.6 Å². The van der Waals surface area contributed by atoms with Gasteiger partial charge in [-0.2, -0.15) is 0 Å². The van der Waals surface area contributed by atoms with E-state index in [-0.39, 0.29) is 11.8 Å². The predicted molar refractivity (Wildman–Crippen MR) is 130 cm³/mol. The molecule has 2 aliphatic heterocycles. The Bertz CT molecular complexity index is 1420. The molecule has 0 radical (unpaired) electrons. The number of nitrogens with one attached hydrogen (secondary N) is 3. The molecule has 3 N–H and O–H groups in total. The van der Waals surface area contributed by atoms with Gasteiger partial charge in [0.2, 0.25) is 0 Å². The molecule has 0 unspecified atom stereocenters. The number of hydrogen-bond acceptors (Lipinski definition) is 7. The molecule has 0 atom stereocenters. The summed E-state index contributed by atoms with van der Waals surface area (Å²) in [7, 11) is 0. The molecular weight excluding hydrogens is 452 g/mol. The van der Waals surface area contributed by atoms with Crippen LogP contribution in [0.15, 0.2) is 66.2 Å². The van der Waals surface area contributed by atoms with E-state index in [0.717, 1.165) is 22.2 Å². The summed E-state index contributed by atoms with van der Waals surface area (Å²) in [6, 6.07) is 17.0.